The van der Waals surface area contributed by atoms with E-state index in [-0.39, 0.29) is 0 Å². The maximum absolute atomic E-state index is 4.47. The van der Waals surface area contributed by atoms with Crippen LogP contribution in [0.3, 0.4) is 0 Å². The summed E-state index contributed by atoms with van der Waals surface area (Å²) in [5, 5.41) is 0. The number of hydrogen-bond donors (Lipinski definition) is 0. The van der Waals surface area contributed by atoms with Gasteiger partial charge in [0, 0.05) is 6.20 Å². The van der Waals surface area contributed by atoms with Crippen molar-refractivity contribution < 1.29 is 0 Å². The monoisotopic (exact) mass is 316 g/mol. The van der Waals surface area contributed by atoms with Crippen LogP contribution in [0.2, 0.25) is 0 Å². The maximum atomic E-state index is 4.47. The molecule has 2 aliphatic rings. The van der Waals surface area contributed by atoms with E-state index < -0.39 is 0 Å². The Morgan fingerprint density at radius 2 is 1.74 bits per heavy atom. The summed E-state index contributed by atoms with van der Waals surface area (Å²) in [4.78, 5) is 8.94. The molecule has 3 rings (SSSR count). The highest BCUT2D eigenvalue weighted by atomic mass is 14.8. The van der Waals surface area contributed by atoms with Crippen LogP contribution in [0, 0.1) is 25.2 Å². The van der Waals surface area contributed by atoms with Crippen LogP contribution in [0.4, 0.5) is 0 Å². The number of aryl methyl sites for hydroxylation is 2. The van der Waals surface area contributed by atoms with Gasteiger partial charge in [0.25, 0.3) is 0 Å². The lowest BCUT2D eigenvalue weighted by atomic mass is 9.68. The van der Waals surface area contributed by atoms with Crippen molar-refractivity contribution in [1.29, 1.82) is 0 Å². The van der Waals surface area contributed by atoms with Gasteiger partial charge < -0.3 is 0 Å². The van der Waals surface area contributed by atoms with Gasteiger partial charge in [0.15, 0.2) is 0 Å². The van der Waals surface area contributed by atoms with Crippen molar-refractivity contribution in [2.45, 2.75) is 87.0 Å². The lowest BCUT2D eigenvalue weighted by Crippen LogP contribution is -2.25. The molecule has 1 spiro atoms. The molecule has 1 heterocycles. The zero-order chi connectivity index (χ0) is 17.5. The number of nitrogens with zero attached hydrogens (tertiary/aromatic N) is 2. The summed E-state index contributed by atoms with van der Waals surface area (Å²) >= 11 is 0. The Hall–Kier alpha value is -1.18. The van der Waals surface area contributed by atoms with Crippen molar-refractivity contribution in [1.82, 2.24) is 9.97 Å². The molecule has 0 amide bonds. The Bertz CT molecular complexity index is 503. The van der Waals surface area contributed by atoms with Crippen LogP contribution < -0.4 is 0 Å². The average molecular weight is 317 g/mol. The van der Waals surface area contributed by atoms with Crippen LogP contribution in [0.25, 0.3) is 6.08 Å². The molecule has 0 N–H and O–H groups in total. The zero-order valence-electron chi connectivity index (χ0n) is 16.4. The summed E-state index contributed by atoms with van der Waals surface area (Å²) in [6.45, 7) is 14.6. The molecule has 2 aliphatic carbocycles. The molecule has 2 nitrogen and oxygen atoms in total. The molecule has 0 bridgehead atoms. The first-order chi connectivity index (χ1) is 11.0. The largest absolute Gasteiger partial charge is 0.255 e. The van der Waals surface area contributed by atoms with Gasteiger partial charge in [-0.1, -0.05) is 46.1 Å². The minimum absolute atomic E-state index is 0.785. The Kier molecular flexibility index (Phi) is 7.94. The minimum Gasteiger partial charge on any atom is -0.255 e. The normalized spacial score (nSPS) is 18.3. The summed E-state index contributed by atoms with van der Waals surface area (Å²) < 4.78 is 0. The van der Waals surface area contributed by atoms with Crippen molar-refractivity contribution >= 4 is 6.08 Å². The fourth-order valence-electron chi connectivity index (χ4n) is 2.97. The van der Waals surface area contributed by atoms with Gasteiger partial charge in [-0.05, 0) is 63.9 Å². The molecule has 2 fully saturated rings. The summed E-state index contributed by atoms with van der Waals surface area (Å²) in [6.07, 6.45) is 12.5. The Morgan fingerprint density at radius 1 is 1.17 bits per heavy atom. The zero-order valence-corrected chi connectivity index (χ0v) is 16.4. The minimum atomic E-state index is 0.785. The van der Waals surface area contributed by atoms with Gasteiger partial charge in [0.1, 0.15) is 0 Å². The Balaban J connectivity index is 0.000000388. The second-order valence-corrected chi connectivity index (χ2v) is 6.98. The van der Waals surface area contributed by atoms with Gasteiger partial charge in [-0.25, -0.2) is 0 Å². The van der Waals surface area contributed by atoms with E-state index in [2.05, 4.69) is 36.8 Å². The maximum Gasteiger partial charge on any atom is 0.0841 e. The molecule has 23 heavy (non-hydrogen) atoms. The van der Waals surface area contributed by atoms with E-state index in [4.69, 9.17) is 0 Å². The average Bonchev–Trinajstić information content (AvgIpc) is 3.32. The number of rotatable bonds is 3. The summed E-state index contributed by atoms with van der Waals surface area (Å²) in [5.41, 5.74) is 5.37. The van der Waals surface area contributed by atoms with E-state index in [1.807, 2.05) is 33.9 Å². The molecule has 0 aromatic carbocycles. The topological polar surface area (TPSA) is 25.8 Å². The highest BCUT2D eigenvalue weighted by Gasteiger charge is 2.52. The lowest BCUT2D eigenvalue weighted by Gasteiger charge is -2.36. The van der Waals surface area contributed by atoms with Crippen molar-refractivity contribution in [3.05, 3.63) is 28.9 Å². The molecular weight excluding hydrogens is 280 g/mol. The first-order valence-corrected chi connectivity index (χ1v) is 9.48. The van der Waals surface area contributed by atoms with Crippen molar-refractivity contribution in [2.75, 3.05) is 0 Å². The van der Waals surface area contributed by atoms with Crippen molar-refractivity contribution in [3.8, 4) is 0 Å². The molecule has 2 heteroatoms. The Morgan fingerprint density at radius 3 is 2.17 bits per heavy atom. The third-order valence-electron chi connectivity index (χ3n) is 4.93. The van der Waals surface area contributed by atoms with Crippen LogP contribution in [-0.4, -0.2) is 9.97 Å². The fourth-order valence-corrected chi connectivity index (χ4v) is 2.97. The Labute approximate surface area is 143 Å². The van der Waals surface area contributed by atoms with E-state index in [1.165, 1.54) is 44.1 Å². The second-order valence-electron chi connectivity index (χ2n) is 6.98. The number of allylic oxidation sites excluding steroid dienone is 1. The molecule has 1 aromatic heterocycles. The molecule has 0 atom stereocenters. The second kappa shape index (κ2) is 9.20. The third kappa shape index (κ3) is 5.75. The highest BCUT2D eigenvalue weighted by molar-refractivity contribution is 5.51. The quantitative estimate of drug-likeness (QED) is 0.634. The van der Waals surface area contributed by atoms with Gasteiger partial charge in [0.2, 0.25) is 0 Å². The van der Waals surface area contributed by atoms with Crippen molar-refractivity contribution in [3.63, 3.8) is 0 Å². The smallest absolute Gasteiger partial charge is 0.0841 e. The molecule has 0 unspecified atom stereocenters. The van der Waals surface area contributed by atoms with E-state index >= 15 is 0 Å². The molecule has 0 radical (unpaired) electrons. The number of aromatic nitrogens is 2. The van der Waals surface area contributed by atoms with Gasteiger partial charge in [-0.2, -0.15) is 0 Å². The van der Waals surface area contributed by atoms with E-state index in [1.54, 1.807) is 0 Å². The van der Waals surface area contributed by atoms with Gasteiger partial charge in [-0.3, -0.25) is 9.97 Å². The highest BCUT2D eigenvalue weighted by Crippen LogP contribution is 2.64. The predicted octanol–water partition coefficient (Wildman–Crippen LogP) is 6.52. The van der Waals surface area contributed by atoms with Crippen LogP contribution in [0.1, 0.15) is 90.2 Å². The van der Waals surface area contributed by atoms with Crippen molar-refractivity contribution in [2.24, 2.45) is 11.3 Å². The van der Waals surface area contributed by atoms with Crippen LogP contribution in [0.5, 0.6) is 0 Å². The van der Waals surface area contributed by atoms with Crippen LogP contribution in [-0.2, 0) is 0 Å². The summed E-state index contributed by atoms with van der Waals surface area (Å²) in [7, 11) is 0. The SMILES string of the molecule is C/C(=C\c1ncc(C)nc1C)C1CC2(CC2)C1.CC.CCCC. The molecular formula is C21H36N2. The summed E-state index contributed by atoms with van der Waals surface area (Å²) in [5.74, 6) is 0.806. The number of hydrogen-bond acceptors (Lipinski definition) is 2. The summed E-state index contributed by atoms with van der Waals surface area (Å²) in [6, 6.07) is 0. The third-order valence-corrected chi connectivity index (χ3v) is 4.93. The predicted molar refractivity (Wildman–Crippen MR) is 101 cm³/mol. The van der Waals surface area contributed by atoms with Gasteiger partial charge >= 0.3 is 0 Å². The number of unbranched alkanes of at least 4 members (excludes halogenated alkanes) is 1. The van der Waals surface area contributed by atoms with E-state index in [9.17, 15) is 0 Å². The van der Waals surface area contributed by atoms with Crippen LogP contribution >= 0.6 is 0 Å². The molecule has 130 valence electrons. The van der Waals surface area contributed by atoms with Crippen LogP contribution in [0.15, 0.2) is 11.8 Å². The lowest BCUT2D eigenvalue weighted by molar-refractivity contribution is 0.203. The standard InChI is InChI=1S/C15H20N2.C4H10.C2H6/c1-10(13-7-15(8-13)4-5-15)6-14-12(3)17-11(2)9-16-14;1-3-4-2;1-2/h6,9,13H,4-5,7-8H2,1-3H3;3-4H2,1-2H3;1-2H3/b10-6+;;. The van der Waals surface area contributed by atoms with E-state index in [0.29, 0.717) is 0 Å². The van der Waals surface area contributed by atoms with Gasteiger partial charge in [0.05, 0.1) is 17.1 Å². The van der Waals surface area contributed by atoms with E-state index in [0.717, 1.165) is 28.4 Å². The van der Waals surface area contributed by atoms with Gasteiger partial charge in [-0.15, -0.1) is 0 Å². The molecule has 1 aromatic rings. The fraction of sp³-hybridized carbons (Fsp3) is 0.714. The first kappa shape index (κ1) is 19.9. The first-order valence-electron chi connectivity index (χ1n) is 9.48. The molecule has 0 aliphatic heterocycles. The molecule has 2 saturated carbocycles. The molecule has 0 saturated heterocycles.